The van der Waals surface area contributed by atoms with Crippen LogP contribution in [0.25, 0.3) is 0 Å². The topological polar surface area (TPSA) is 36.4 Å². The van der Waals surface area contributed by atoms with E-state index < -0.39 is 0 Å². The molecule has 2 aliphatic rings. The third-order valence-corrected chi connectivity index (χ3v) is 5.05. The van der Waals surface area contributed by atoms with Crippen molar-refractivity contribution in [1.82, 2.24) is 9.88 Å². The van der Waals surface area contributed by atoms with Crippen molar-refractivity contribution in [1.29, 1.82) is 0 Å². The second kappa shape index (κ2) is 6.27. The van der Waals surface area contributed by atoms with Crippen LogP contribution >= 0.6 is 0 Å². The van der Waals surface area contributed by atoms with Gasteiger partial charge in [-0.25, -0.2) is 4.98 Å². The van der Waals surface area contributed by atoms with Gasteiger partial charge in [-0.05, 0) is 56.4 Å². The second-order valence-corrected chi connectivity index (χ2v) is 6.79. The number of anilines is 2. The molecule has 124 valence electrons. The first-order chi connectivity index (χ1) is 11.7. The fraction of sp³-hybridized carbons (Fsp3) is 0.400. The fourth-order valence-corrected chi connectivity index (χ4v) is 3.85. The largest absolute Gasteiger partial charge is 0.337 e. The number of hydrogen-bond donors (Lipinski definition) is 0. The first-order valence-corrected chi connectivity index (χ1v) is 8.87. The molecule has 0 spiro atoms. The second-order valence-electron chi connectivity index (χ2n) is 6.79. The van der Waals surface area contributed by atoms with E-state index in [-0.39, 0.29) is 5.91 Å². The summed E-state index contributed by atoms with van der Waals surface area (Å²) in [4.78, 5) is 21.6. The van der Waals surface area contributed by atoms with Crippen LogP contribution in [-0.4, -0.2) is 34.9 Å². The predicted octanol–water partition coefficient (Wildman–Crippen LogP) is 3.79. The Morgan fingerprint density at radius 2 is 1.83 bits per heavy atom. The van der Waals surface area contributed by atoms with E-state index in [9.17, 15) is 4.79 Å². The molecule has 3 heterocycles. The van der Waals surface area contributed by atoms with Crippen LogP contribution in [0.2, 0.25) is 0 Å². The highest BCUT2D eigenvalue weighted by Gasteiger charge is 2.28. The molecule has 1 unspecified atom stereocenters. The quantitative estimate of drug-likeness (QED) is 0.844. The molecule has 1 amide bonds. The average molecular weight is 321 g/mol. The number of pyridine rings is 1. The SMILES string of the molecule is CC1Cc2ccccc2N1c1cccc(C(=O)N2CCCCC2)n1. The lowest BCUT2D eigenvalue weighted by atomic mass is 10.1. The van der Waals surface area contributed by atoms with Crippen molar-refractivity contribution >= 4 is 17.4 Å². The van der Waals surface area contributed by atoms with Crippen molar-refractivity contribution in [3.05, 3.63) is 53.7 Å². The normalized spacial score (nSPS) is 20.1. The Bertz CT molecular complexity index is 752. The molecule has 4 heteroatoms. The Morgan fingerprint density at radius 3 is 2.67 bits per heavy atom. The van der Waals surface area contributed by atoms with Gasteiger partial charge in [0.2, 0.25) is 0 Å². The van der Waals surface area contributed by atoms with Gasteiger partial charge >= 0.3 is 0 Å². The number of fused-ring (bicyclic) bond motifs is 1. The maximum atomic E-state index is 12.7. The highest BCUT2D eigenvalue weighted by molar-refractivity contribution is 5.93. The molecule has 1 aromatic carbocycles. The average Bonchev–Trinajstić information content (AvgIpc) is 2.97. The zero-order valence-electron chi connectivity index (χ0n) is 14.1. The summed E-state index contributed by atoms with van der Waals surface area (Å²) in [5, 5.41) is 0. The van der Waals surface area contributed by atoms with Crippen molar-refractivity contribution in [3.8, 4) is 0 Å². The van der Waals surface area contributed by atoms with E-state index in [2.05, 4.69) is 36.1 Å². The van der Waals surface area contributed by atoms with Crippen molar-refractivity contribution in [2.75, 3.05) is 18.0 Å². The van der Waals surface area contributed by atoms with Gasteiger partial charge in [-0.3, -0.25) is 4.79 Å². The van der Waals surface area contributed by atoms with E-state index in [1.54, 1.807) is 0 Å². The van der Waals surface area contributed by atoms with Gasteiger partial charge < -0.3 is 9.80 Å². The maximum absolute atomic E-state index is 12.7. The lowest BCUT2D eigenvalue weighted by Gasteiger charge is -2.27. The highest BCUT2D eigenvalue weighted by Crippen LogP contribution is 2.37. The smallest absolute Gasteiger partial charge is 0.272 e. The van der Waals surface area contributed by atoms with Crippen molar-refractivity contribution in [3.63, 3.8) is 0 Å². The Balaban J connectivity index is 1.64. The number of hydrogen-bond acceptors (Lipinski definition) is 3. The van der Waals surface area contributed by atoms with E-state index in [4.69, 9.17) is 4.98 Å². The minimum absolute atomic E-state index is 0.0664. The van der Waals surface area contributed by atoms with Gasteiger partial charge in [0.25, 0.3) is 5.91 Å². The number of carbonyl (C=O) groups excluding carboxylic acids is 1. The van der Waals surface area contributed by atoms with Crippen LogP contribution in [0.4, 0.5) is 11.5 Å². The number of piperidine rings is 1. The summed E-state index contributed by atoms with van der Waals surface area (Å²) in [6.45, 7) is 3.92. The van der Waals surface area contributed by atoms with Gasteiger partial charge in [0.15, 0.2) is 0 Å². The number of para-hydroxylation sites is 1. The van der Waals surface area contributed by atoms with E-state index in [0.717, 1.165) is 38.2 Å². The van der Waals surface area contributed by atoms with Crippen molar-refractivity contribution < 1.29 is 4.79 Å². The molecule has 2 aromatic rings. The Labute approximate surface area is 143 Å². The molecule has 1 aromatic heterocycles. The molecule has 4 nitrogen and oxygen atoms in total. The Kier molecular flexibility index (Phi) is 3.97. The zero-order chi connectivity index (χ0) is 16.5. The third kappa shape index (κ3) is 2.66. The van der Waals surface area contributed by atoms with Crippen LogP contribution in [0.3, 0.4) is 0 Å². The molecule has 4 rings (SSSR count). The lowest BCUT2D eigenvalue weighted by Crippen LogP contribution is -2.36. The number of aromatic nitrogens is 1. The lowest BCUT2D eigenvalue weighted by molar-refractivity contribution is 0.0718. The van der Waals surface area contributed by atoms with Gasteiger partial charge in [-0.2, -0.15) is 0 Å². The molecular weight excluding hydrogens is 298 g/mol. The number of amides is 1. The maximum Gasteiger partial charge on any atom is 0.272 e. The van der Waals surface area contributed by atoms with E-state index in [1.807, 2.05) is 23.1 Å². The molecule has 0 bridgehead atoms. The van der Waals surface area contributed by atoms with E-state index in [0.29, 0.717) is 11.7 Å². The molecule has 1 fully saturated rings. The molecule has 0 radical (unpaired) electrons. The van der Waals surface area contributed by atoms with Gasteiger partial charge in [-0.1, -0.05) is 24.3 Å². The van der Waals surface area contributed by atoms with Gasteiger partial charge in [-0.15, -0.1) is 0 Å². The Morgan fingerprint density at radius 1 is 1.04 bits per heavy atom. The molecule has 0 saturated carbocycles. The fourth-order valence-electron chi connectivity index (χ4n) is 3.85. The molecule has 2 aliphatic heterocycles. The molecule has 24 heavy (non-hydrogen) atoms. The molecule has 1 saturated heterocycles. The number of rotatable bonds is 2. The van der Waals surface area contributed by atoms with Crippen LogP contribution < -0.4 is 4.90 Å². The standard InChI is InChI=1S/C20H23N3O/c1-15-14-16-8-3-4-10-18(16)23(15)19-11-7-9-17(21-19)20(24)22-12-5-2-6-13-22/h3-4,7-11,15H,2,5-6,12-14H2,1H3. The van der Waals surface area contributed by atoms with Crippen molar-refractivity contribution in [2.24, 2.45) is 0 Å². The highest BCUT2D eigenvalue weighted by atomic mass is 16.2. The first-order valence-electron chi connectivity index (χ1n) is 8.87. The minimum atomic E-state index is 0.0664. The van der Waals surface area contributed by atoms with Crippen LogP contribution in [0, 0.1) is 0 Å². The van der Waals surface area contributed by atoms with Crippen LogP contribution in [0.5, 0.6) is 0 Å². The summed E-state index contributed by atoms with van der Waals surface area (Å²) in [7, 11) is 0. The zero-order valence-corrected chi connectivity index (χ0v) is 14.1. The molecule has 0 aliphatic carbocycles. The van der Waals surface area contributed by atoms with E-state index in [1.165, 1.54) is 17.7 Å². The van der Waals surface area contributed by atoms with Crippen molar-refractivity contribution in [2.45, 2.75) is 38.6 Å². The summed E-state index contributed by atoms with van der Waals surface area (Å²) in [6, 6.07) is 14.6. The third-order valence-electron chi connectivity index (χ3n) is 5.05. The summed E-state index contributed by atoms with van der Waals surface area (Å²) in [5.41, 5.74) is 3.12. The monoisotopic (exact) mass is 321 g/mol. The van der Waals surface area contributed by atoms with Gasteiger partial charge in [0.05, 0.1) is 0 Å². The van der Waals surface area contributed by atoms with Crippen LogP contribution in [-0.2, 0) is 6.42 Å². The van der Waals surface area contributed by atoms with Crippen LogP contribution in [0.1, 0.15) is 42.2 Å². The van der Waals surface area contributed by atoms with Gasteiger partial charge in [0.1, 0.15) is 11.5 Å². The number of carbonyl (C=O) groups is 1. The Hall–Kier alpha value is -2.36. The van der Waals surface area contributed by atoms with Crippen LogP contribution in [0.15, 0.2) is 42.5 Å². The number of benzene rings is 1. The molecule has 1 atom stereocenters. The van der Waals surface area contributed by atoms with Gasteiger partial charge in [0, 0.05) is 24.8 Å². The predicted molar refractivity (Wildman–Crippen MR) is 95.7 cm³/mol. The minimum Gasteiger partial charge on any atom is -0.337 e. The summed E-state index contributed by atoms with van der Waals surface area (Å²) < 4.78 is 0. The summed E-state index contributed by atoms with van der Waals surface area (Å²) >= 11 is 0. The number of nitrogens with zero attached hydrogens (tertiary/aromatic N) is 3. The van der Waals surface area contributed by atoms with E-state index >= 15 is 0 Å². The summed E-state index contributed by atoms with van der Waals surface area (Å²) in [6.07, 6.45) is 4.44. The molecular formula is C20H23N3O. The number of likely N-dealkylation sites (tertiary alicyclic amines) is 1. The first kappa shape index (κ1) is 15.2. The summed E-state index contributed by atoms with van der Waals surface area (Å²) in [5.74, 6) is 0.937. The molecule has 0 N–H and O–H groups in total.